The third-order valence-electron chi connectivity index (χ3n) is 2.47. The van der Waals surface area contributed by atoms with Crippen molar-refractivity contribution in [1.82, 2.24) is 10.2 Å². The van der Waals surface area contributed by atoms with Gasteiger partial charge in [0.2, 0.25) is 0 Å². The van der Waals surface area contributed by atoms with Crippen molar-refractivity contribution in [1.29, 1.82) is 0 Å². The lowest BCUT2D eigenvalue weighted by molar-refractivity contribution is -0.130. The van der Waals surface area contributed by atoms with E-state index < -0.39 is 0 Å². The number of ether oxygens (including phenoxy) is 1. The summed E-state index contributed by atoms with van der Waals surface area (Å²) in [6, 6.07) is 7.48. The van der Waals surface area contributed by atoms with Crippen LogP contribution in [0.5, 0.6) is 5.75 Å². The van der Waals surface area contributed by atoms with Crippen LogP contribution in [0.3, 0.4) is 0 Å². The molecule has 104 valence electrons. The maximum absolute atomic E-state index is 11.4. The van der Waals surface area contributed by atoms with Gasteiger partial charge in [-0.15, -0.1) is 0 Å². The van der Waals surface area contributed by atoms with Crippen molar-refractivity contribution in [3.05, 3.63) is 29.8 Å². The first-order valence-electron chi connectivity index (χ1n) is 5.91. The van der Waals surface area contributed by atoms with Crippen molar-refractivity contribution in [3.8, 4) is 5.75 Å². The Morgan fingerprint density at radius 1 is 1.47 bits per heavy atom. The molecule has 3 N–H and O–H groups in total. The monoisotopic (exact) mass is 264 g/mol. The van der Waals surface area contributed by atoms with Crippen LogP contribution in [-0.2, 0) is 11.3 Å². The van der Waals surface area contributed by atoms with Crippen LogP contribution in [0.2, 0.25) is 0 Å². The van der Waals surface area contributed by atoms with Gasteiger partial charge in [-0.25, -0.2) is 0 Å². The van der Waals surface area contributed by atoms with Crippen molar-refractivity contribution < 1.29 is 9.53 Å². The molecule has 0 aromatic heterocycles. The number of hydrogen-bond donors (Lipinski definition) is 2. The summed E-state index contributed by atoms with van der Waals surface area (Å²) < 4.78 is 5.42. The minimum Gasteiger partial charge on any atom is -0.484 e. The number of hydrogen-bond acceptors (Lipinski definition) is 3. The Morgan fingerprint density at radius 2 is 2.21 bits per heavy atom. The van der Waals surface area contributed by atoms with Gasteiger partial charge in [0.05, 0.1) is 0 Å². The number of guanidine groups is 1. The van der Waals surface area contributed by atoms with Gasteiger partial charge in [-0.05, 0) is 17.7 Å². The van der Waals surface area contributed by atoms with Crippen LogP contribution in [0.1, 0.15) is 5.56 Å². The fourth-order valence-electron chi connectivity index (χ4n) is 1.29. The first-order chi connectivity index (χ1) is 9.02. The van der Waals surface area contributed by atoms with Crippen molar-refractivity contribution in [2.75, 3.05) is 27.7 Å². The van der Waals surface area contributed by atoms with E-state index >= 15 is 0 Å². The Bertz CT molecular complexity index is 458. The van der Waals surface area contributed by atoms with Crippen molar-refractivity contribution >= 4 is 11.9 Å². The molecule has 1 aromatic carbocycles. The molecule has 0 unspecified atom stereocenters. The summed E-state index contributed by atoms with van der Waals surface area (Å²) in [5, 5.41) is 2.96. The number of rotatable bonds is 5. The van der Waals surface area contributed by atoms with E-state index in [2.05, 4.69) is 10.3 Å². The number of carbonyl (C=O) groups excluding carboxylic acids is 1. The first-order valence-corrected chi connectivity index (χ1v) is 5.91. The molecule has 1 rings (SSSR count). The number of amides is 1. The number of nitrogens with two attached hydrogens (primary N) is 1. The maximum Gasteiger partial charge on any atom is 0.259 e. The molecule has 0 spiro atoms. The Labute approximate surface area is 113 Å². The van der Waals surface area contributed by atoms with E-state index in [0.717, 1.165) is 5.56 Å². The summed E-state index contributed by atoms with van der Waals surface area (Å²) in [7, 11) is 5.01. The zero-order valence-corrected chi connectivity index (χ0v) is 11.5. The average molecular weight is 264 g/mol. The van der Waals surface area contributed by atoms with Gasteiger partial charge in [-0.2, -0.15) is 0 Å². The normalized spacial score (nSPS) is 11.0. The van der Waals surface area contributed by atoms with E-state index in [1.807, 2.05) is 24.3 Å². The van der Waals surface area contributed by atoms with Gasteiger partial charge >= 0.3 is 0 Å². The van der Waals surface area contributed by atoms with Gasteiger partial charge in [-0.1, -0.05) is 12.1 Å². The minimum absolute atomic E-state index is 0.0302. The molecule has 0 radical (unpaired) electrons. The smallest absolute Gasteiger partial charge is 0.259 e. The molecule has 6 nitrogen and oxygen atoms in total. The van der Waals surface area contributed by atoms with Crippen molar-refractivity contribution in [3.63, 3.8) is 0 Å². The van der Waals surface area contributed by atoms with Crippen LogP contribution in [0.4, 0.5) is 0 Å². The molecule has 0 saturated heterocycles. The van der Waals surface area contributed by atoms with Gasteiger partial charge in [0.15, 0.2) is 12.6 Å². The van der Waals surface area contributed by atoms with Crippen LogP contribution in [0.25, 0.3) is 0 Å². The molecule has 1 amide bonds. The predicted octanol–water partition coefficient (Wildman–Crippen LogP) is 0.188. The number of nitrogens with zero attached hydrogens (tertiary/aromatic N) is 2. The van der Waals surface area contributed by atoms with Gasteiger partial charge < -0.3 is 20.7 Å². The molecular weight excluding hydrogens is 244 g/mol. The molecule has 0 aliphatic rings. The molecule has 6 heteroatoms. The molecule has 1 aromatic rings. The standard InChI is InChI=1S/C13H20N4O2/c1-15-13(14)16-8-10-5-4-6-11(7-10)19-9-12(18)17(2)3/h4-7H,8-9H2,1-3H3,(H3,14,15,16). The molecule has 0 aliphatic heterocycles. The van der Waals surface area contributed by atoms with Crippen LogP contribution in [0, 0.1) is 0 Å². The highest BCUT2D eigenvalue weighted by Gasteiger charge is 2.05. The largest absolute Gasteiger partial charge is 0.484 e. The lowest BCUT2D eigenvalue weighted by Crippen LogP contribution is -2.30. The topological polar surface area (TPSA) is 80.0 Å². The zero-order valence-electron chi connectivity index (χ0n) is 11.5. The molecule has 0 heterocycles. The van der Waals surface area contributed by atoms with Gasteiger partial charge in [0.1, 0.15) is 5.75 Å². The van der Waals surface area contributed by atoms with Crippen molar-refractivity contribution in [2.45, 2.75) is 6.54 Å². The Kier molecular flexibility index (Phi) is 5.66. The number of likely N-dealkylation sites (N-methyl/N-ethyl adjacent to an activating group) is 1. The third kappa shape index (κ3) is 5.29. The first kappa shape index (κ1) is 14.8. The fourth-order valence-corrected chi connectivity index (χ4v) is 1.29. The Morgan fingerprint density at radius 3 is 2.84 bits per heavy atom. The molecule has 0 bridgehead atoms. The molecule has 0 aliphatic carbocycles. The summed E-state index contributed by atoms with van der Waals surface area (Å²) in [5.41, 5.74) is 6.55. The van der Waals surface area contributed by atoms with Gasteiger partial charge in [0.25, 0.3) is 5.91 Å². The summed E-state index contributed by atoms with van der Waals surface area (Å²) in [5.74, 6) is 0.960. The average Bonchev–Trinajstić information content (AvgIpc) is 2.42. The number of aliphatic imine (C=N–C) groups is 1. The van der Waals surface area contributed by atoms with Crippen LogP contribution < -0.4 is 15.8 Å². The predicted molar refractivity (Wildman–Crippen MR) is 75.0 cm³/mol. The molecular formula is C13H20N4O2. The lowest BCUT2D eigenvalue weighted by atomic mass is 10.2. The molecule has 19 heavy (non-hydrogen) atoms. The Balaban J connectivity index is 2.54. The third-order valence-corrected chi connectivity index (χ3v) is 2.47. The zero-order chi connectivity index (χ0) is 14.3. The second-order valence-electron chi connectivity index (χ2n) is 4.19. The lowest BCUT2D eigenvalue weighted by Gasteiger charge is -2.12. The highest BCUT2D eigenvalue weighted by molar-refractivity contribution is 5.77. The minimum atomic E-state index is -0.0779. The number of nitrogens with one attached hydrogen (secondary N) is 1. The van der Waals surface area contributed by atoms with Crippen LogP contribution in [0.15, 0.2) is 29.3 Å². The SMILES string of the molecule is CN=C(N)NCc1cccc(OCC(=O)N(C)C)c1. The van der Waals surface area contributed by atoms with Crippen molar-refractivity contribution in [2.24, 2.45) is 10.7 Å². The van der Waals surface area contributed by atoms with E-state index in [1.54, 1.807) is 21.1 Å². The van der Waals surface area contributed by atoms with E-state index in [1.165, 1.54) is 4.90 Å². The van der Waals surface area contributed by atoms with Crippen LogP contribution in [-0.4, -0.2) is 44.5 Å². The fraction of sp³-hybridized carbons (Fsp3) is 0.385. The van der Waals surface area contributed by atoms with E-state index in [-0.39, 0.29) is 12.5 Å². The number of carbonyl (C=O) groups is 1. The van der Waals surface area contributed by atoms with Gasteiger partial charge in [-0.3, -0.25) is 9.79 Å². The molecule has 0 fully saturated rings. The number of benzene rings is 1. The second-order valence-corrected chi connectivity index (χ2v) is 4.19. The van der Waals surface area contributed by atoms with E-state index in [4.69, 9.17) is 10.5 Å². The second kappa shape index (κ2) is 7.25. The molecule has 0 saturated carbocycles. The maximum atomic E-state index is 11.4. The van der Waals surface area contributed by atoms with E-state index in [9.17, 15) is 4.79 Å². The summed E-state index contributed by atoms with van der Waals surface area (Å²) in [6.07, 6.45) is 0. The van der Waals surface area contributed by atoms with E-state index in [0.29, 0.717) is 18.3 Å². The van der Waals surface area contributed by atoms with Gasteiger partial charge in [0, 0.05) is 27.7 Å². The highest BCUT2D eigenvalue weighted by Crippen LogP contribution is 2.13. The quantitative estimate of drug-likeness (QED) is 0.587. The molecule has 0 atom stereocenters. The Hall–Kier alpha value is -2.24. The summed E-state index contributed by atoms with van der Waals surface area (Å²) in [4.78, 5) is 16.7. The summed E-state index contributed by atoms with van der Waals surface area (Å²) >= 11 is 0. The summed E-state index contributed by atoms with van der Waals surface area (Å²) in [6.45, 7) is 0.588. The highest BCUT2D eigenvalue weighted by atomic mass is 16.5. The van der Waals surface area contributed by atoms with Crippen LogP contribution >= 0.6 is 0 Å².